The zero-order valence-electron chi connectivity index (χ0n) is 11.5. The van der Waals surface area contributed by atoms with E-state index in [4.69, 9.17) is 5.73 Å². The second-order valence-electron chi connectivity index (χ2n) is 5.76. The first-order chi connectivity index (χ1) is 10.1. The van der Waals surface area contributed by atoms with E-state index in [1.54, 1.807) is 12.1 Å². The molecule has 21 heavy (non-hydrogen) atoms. The van der Waals surface area contributed by atoms with Crippen molar-refractivity contribution in [2.24, 2.45) is 11.1 Å². The molecule has 0 bridgehead atoms. The van der Waals surface area contributed by atoms with Gasteiger partial charge in [-0.3, -0.25) is 0 Å². The van der Waals surface area contributed by atoms with Gasteiger partial charge >= 0.3 is 0 Å². The summed E-state index contributed by atoms with van der Waals surface area (Å²) in [6, 6.07) is 12.7. The van der Waals surface area contributed by atoms with Gasteiger partial charge in [0, 0.05) is 22.0 Å². The third kappa shape index (κ3) is 2.52. The molecule has 1 aliphatic rings. The number of hydrogen-bond donors (Lipinski definition) is 2. The van der Waals surface area contributed by atoms with E-state index in [0.717, 1.165) is 4.47 Å². The molecule has 2 aromatic rings. The Hall–Kier alpha value is -1.23. The van der Waals surface area contributed by atoms with Gasteiger partial charge in [0.1, 0.15) is 5.82 Å². The summed E-state index contributed by atoms with van der Waals surface area (Å²) in [6.45, 7) is 0.314. The molecule has 0 saturated carbocycles. The lowest BCUT2D eigenvalue weighted by Gasteiger charge is -2.33. The maximum absolute atomic E-state index is 14.1. The van der Waals surface area contributed by atoms with Crippen LogP contribution >= 0.6 is 15.9 Å². The first kappa shape index (κ1) is 14.7. The molecular weight excluding hydrogens is 333 g/mol. The van der Waals surface area contributed by atoms with Crippen molar-refractivity contribution in [3.8, 4) is 0 Å². The number of aliphatic hydroxyl groups is 1. The largest absolute Gasteiger partial charge is 0.388 e. The van der Waals surface area contributed by atoms with Gasteiger partial charge in [-0.05, 0) is 42.2 Å². The fourth-order valence-corrected chi connectivity index (χ4v) is 3.61. The molecule has 1 unspecified atom stereocenters. The number of rotatable bonds is 3. The van der Waals surface area contributed by atoms with Crippen LogP contribution in [-0.4, -0.2) is 11.7 Å². The fraction of sp³-hybridized carbons (Fsp3) is 0.294. The second-order valence-corrected chi connectivity index (χ2v) is 6.67. The van der Waals surface area contributed by atoms with Crippen LogP contribution in [0.3, 0.4) is 0 Å². The molecule has 0 fully saturated rings. The Morgan fingerprint density at radius 3 is 2.38 bits per heavy atom. The highest BCUT2D eigenvalue weighted by molar-refractivity contribution is 9.10. The van der Waals surface area contributed by atoms with Crippen LogP contribution in [0.15, 0.2) is 46.9 Å². The zero-order chi connectivity index (χ0) is 15.0. The summed E-state index contributed by atoms with van der Waals surface area (Å²) in [5.41, 5.74) is 8.14. The molecule has 0 radical (unpaired) electrons. The molecule has 0 aliphatic heterocycles. The summed E-state index contributed by atoms with van der Waals surface area (Å²) in [5.74, 6) is -0.394. The van der Waals surface area contributed by atoms with Crippen LogP contribution in [0, 0.1) is 11.2 Å². The Morgan fingerprint density at radius 1 is 1.19 bits per heavy atom. The Bertz CT molecular complexity index is 649. The number of fused-ring (bicyclic) bond motifs is 1. The van der Waals surface area contributed by atoms with Crippen molar-refractivity contribution in [3.05, 3.63) is 69.4 Å². The van der Waals surface area contributed by atoms with E-state index in [0.29, 0.717) is 24.9 Å². The van der Waals surface area contributed by atoms with Crippen molar-refractivity contribution >= 4 is 15.9 Å². The van der Waals surface area contributed by atoms with E-state index in [2.05, 4.69) is 28.1 Å². The Kier molecular flexibility index (Phi) is 3.86. The normalized spacial score (nSPS) is 17.5. The van der Waals surface area contributed by atoms with Gasteiger partial charge in [0.2, 0.25) is 0 Å². The van der Waals surface area contributed by atoms with Crippen LogP contribution < -0.4 is 5.73 Å². The first-order valence-electron chi connectivity index (χ1n) is 6.95. The van der Waals surface area contributed by atoms with E-state index >= 15 is 0 Å². The predicted octanol–water partition coefficient (Wildman–Crippen LogP) is 3.37. The third-order valence-electron chi connectivity index (χ3n) is 4.44. The van der Waals surface area contributed by atoms with E-state index in [1.807, 2.05) is 12.1 Å². The maximum atomic E-state index is 14.1. The predicted molar refractivity (Wildman–Crippen MR) is 84.4 cm³/mol. The fourth-order valence-electron chi connectivity index (χ4n) is 3.23. The highest BCUT2D eigenvalue weighted by Gasteiger charge is 2.43. The molecule has 110 valence electrons. The highest BCUT2D eigenvalue weighted by atomic mass is 79.9. The van der Waals surface area contributed by atoms with Gasteiger partial charge in [-0.2, -0.15) is 0 Å². The lowest BCUT2D eigenvalue weighted by atomic mass is 9.76. The van der Waals surface area contributed by atoms with Crippen molar-refractivity contribution in [2.75, 3.05) is 6.54 Å². The number of halogens is 2. The molecule has 3 rings (SSSR count). The van der Waals surface area contributed by atoms with Gasteiger partial charge in [0.25, 0.3) is 0 Å². The van der Waals surface area contributed by atoms with E-state index in [-0.39, 0.29) is 0 Å². The summed E-state index contributed by atoms with van der Waals surface area (Å²) >= 11 is 3.33. The molecule has 0 spiro atoms. The molecule has 3 N–H and O–H groups in total. The number of nitrogens with two attached hydrogens (primary N) is 1. The standard InChI is InChI=1S/C17H17BrFNO/c18-13-5-6-15(19)14(7-13)16(21)17(10-20)8-11-3-1-2-4-12(11)9-17/h1-7,16,21H,8-10,20H2. The number of benzene rings is 2. The van der Waals surface area contributed by atoms with Gasteiger partial charge < -0.3 is 10.8 Å². The molecule has 0 saturated heterocycles. The van der Waals surface area contributed by atoms with Crippen molar-refractivity contribution in [2.45, 2.75) is 18.9 Å². The molecule has 0 heterocycles. The van der Waals surface area contributed by atoms with E-state index in [1.165, 1.54) is 17.2 Å². The SMILES string of the molecule is NCC1(C(O)c2cc(Br)ccc2F)Cc2ccccc2C1. The van der Waals surface area contributed by atoms with Crippen LogP contribution in [0.4, 0.5) is 4.39 Å². The molecule has 1 atom stereocenters. The van der Waals surface area contributed by atoms with Gasteiger partial charge in [-0.15, -0.1) is 0 Å². The first-order valence-corrected chi connectivity index (χ1v) is 7.75. The average Bonchev–Trinajstić information content (AvgIpc) is 2.89. The van der Waals surface area contributed by atoms with Gasteiger partial charge in [-0.1, -0.05) is 40.2 Å². The van der Waals surface area contributed by atoms with Crippen molar-refractivity contribution in [1.29, 1.82) is 0 Å². The Morgan fingerprint density at radius 2 is 1.81 bits per heavy atom. The minimum Gasteiger partial charge on any atom is -0.388 e. The van der Waals surface area contributed by atoms with Gasteiger partial charge in [0.15, 0.2) is 0 Å². The molecule has 2 aromatic carbocycles. The summed E-state index contributed by atoms with van der Waals surface area (Å²) in [5, 5.41) is 10.8. The second kappa shape index (κ2) is 5.52. The minimum atomic E-state index is -0.924. The Labute approximate surface area is 131 Å². The third-order valence-corrected chi connectivity index (χ3v) is 4.94. The molecule has 0 aromatic heterocycles. The van der Waals surface area contributed by atoms with Gasteiger partial charge in [0.05, 0.1) is 6.10 Å². The monoisotopic (exact) mass is 349 g/mol. The van der Waals surface area contributed by atoms with Crippen LogP contribution in [-0.2, 0) is 12.8 Å². The number of hydrogen-bond acceptors (Lipinski definition) is 2. The van der Waals surface area contributed by atoms with Crippen LogP contribution in [0.25, 0.3) is 0 Å². The number of aliphatic hydroxyl groups excluding tert-OH is 1. The van der Waals surface area contributed by atoms with Gasteiger partial charge in [-0.25, -0.2) is 4.39 Å². The minimum absolute atomic E-state index is 0.308. The zero-order valence-corrected chi connectivity index (χ0v) is 13.1. The molecule has 1 aliphatic carbocycles. The smallest absolute Gasteiger partial charge is 0.129 e. The molecule has 4 heteroatoms. The van der Waals surface area contributed by atoms with Crippen molar-refractivity contribution in [3.63, 3.8) is 0 Å². The van der Waals surface area contributed by atoms with Crippen molar-refractivity contribution in [1.82, 2.24) is 0 Å². The molecule has 0 amide bonds. The lowest BCUT2D eigenvalue weighted by Crippen LogP contribution is -2.38. The quantitative estimate of drug-likeness (QED) is 0.892. The van der Waals surface area contributed by atoms with Crippen LogP contribution in [0.2, 0.25) is 0 Å². The van der Waals surface area contributed by atoms with E-state index in [9.17, 15) is 9.50 Å². The summed E-state index contributed by atoms with van der Waals surface area (Å²) in [6.07, 6.45) is 0.423. The summed E-state index contributed by atoms with van der Waals surface area (Å²) in [7, 11) is 0. The van der Waals surface area contributed by atoms with Crippen LogP contribution in [0.1, 0.15) is 22.8 Å². The molecular formula is C17H17BrFNO. The highest BCUT2D eigenvalue weighted by Crippen LogP contribution is 2.46. The topological polar surface area (TPSA) is 46.2 Å². The molecule has 2 nitrogen and oxygen atoms in total. The Balaban J connectivity index is 2.00. The van der Waals surface area contributed by atoms with Crippen LogP contribution in [0.5, 0.6) is 0 Å². The summed E-state index contributed by atoms with van der Waals surface area (Å²) in [4.78, 5) is 0. The maximum Gasteiger partial charge on any atom is 0.129 e. The average molecular weight is 350 g/mol. The van der Waals surface area contributed by atoms with Crippen molar-refractivity contribution < 1.29 is 9.50 Å². The summed E-state index contributed by atoms with van der Waals surface area (Å²) < 4.78 is 14.8. The van der Waals surface area contributed by atoms with E-state index < -0.39 is 17.3 Å². The lowest BCUT2D eigenvalue weighted by molar-refractivity contribution is 0.0330.